The molecular weight excluding hydrogens is 200 g/mol. The van der Waals surface area contributed by atoms with E-state index in [-0.39, 0.29) is 0 Å². The summed E-state index contributed by atoms with van der Waals surface area (Å²) in [7, 11) is 0. The Bertz CT molecular complexity index is 313. The second kappa shape index (κ2) is 5.43. The fourth-order valence-electron chi connectivity index (χ4n) is 2.38. The molecule has 1 saturated heterocycles. The van der Waals surface area contributed by atoms with Crippen LogP contribution in [0.5, 0.6) is 0 Å². The number of hydrogen-bond donors (Lipinski definition) is 1. The fraction of sp³-hybridized carbons (Fsp3) is 0.833. The van der Waals surface area contributed by atoms with Crippen LogP contribution in [0.4, 0.5) is 0 Å². The molecule has 1 aliphatic rings. The van der Waals surface area contributed by atoms with Gasteiger partial charge in [-0.3, -0.25) is 0 Å². The zero-order valence-corrected chi connectivity index (χ0v) is 10.3. The molecule has 2 heterocycles. The summed E-state index contributed by atoms with van der Waals surface area (Å²) < 4.78 is 2.21. The first-order valence-corrected chi connectivity index (χ1v) is 6.36. The summed E-state index contributed by atoms with van der Waals surface area (Å²) in [6.45, 7) is 7.79. The Morgan fingerprint density at radius 1 is 1.44 bits per heavy atom. The van der Waals surface area contributed by atoms with Gasteiger partial charge in [-0.1, -0.05) is 13.8 Å². The summed E-state index contributed by atoms with van der Waals surface area (Å²) in [4.78, 5) is 0. The van der Waals surface area contributed by atoms with Gasteiger partial charge in [-0.2, -0.15) is 0 Å². The van der Waals surface area contributed by atoms with Gasteiger partial charge in [0.1, 0.15) is 12.2 Å². The molecule has 1 aromatic heterocycles. The molecule has 0 atom stereocenters. The maximum atomic E-state index is 4.18. The molecule has 0 bridgehead atoms. The molecule has 0 radical (unpaired) electrons. The van der Waals surface area contributed by atoms with E-state index < -0.39 is 0 Å². The smallest absolute Gasteiger partial charge is 0.135 e. The lowest BCUT2D eigenvalue weighted by Crippen LogP contribution is -2.28. The van der Waals surface area contributed by atoms with Gasteiger partial charge in [0.05, 0.1) is 0 Å². The number of aromatic nitrogens is 3. The first-order valence-electron chi connectivity index (χ1n) is 6.36. The van der Waals surface area contributed by atoms with E-state index in [1.54, 1.807) is 0 Å². The van der Waals surface area contributed by atoms with Gasteiger partial charge in [0.25, 0.3) is 0 Å². The van der Waals surface area contributed by atoms with Crippen LogP contribution in [0.3, 0.4) is 0 Å². The molecule has 1 aliphatic heterocycles. The van der Waals surface area contributed by atoms with Crippen molar-refractivity contribution >= 4 is 0 Å². The van der Waals surface area contributed by atoms with Crippen molar-refractivity contribution in [3.63, 3.8) is 0 Å². The van der Waals surface area contributed by atoms with Crippen LogP contribution in [0.15, 0.2) is 6.33 Å². The molecule has 4 nitrogen and oxygen atoms in total. The van der Waals surface area contributed by atoms with E-state index in [1.165, 1.54) is 32.4 Å². The van der Waals surface area contributed by atoms with Crippen LogP contribution >= 0.6 is 0 Å². The lowest BCUT2D eigenvalue weighted by molar-refractivity contribution is 0.335. The number of piperidine rings is 1. The van der Waals surface area contributed by atoms with Gasteiger partial charge in [-0.15, -0.1) is 10.2 Å². The molecule has 0 saturated carbocycles. The van der Waals surface area contributed by atoms with Gasteiger partial charge >= 0.3 is 0 Å². The fourth-order valence-corrected chi connectivity index (χ4v) is 2.38. The van der Waals surface area contributed by atoms with Gasteiger partial charge in [-0.25, -0.2) is 0 Å². The molecular formula is C12H22N4. The average Bonchev–Trinajstić information content (AvgIpc) is 2.76. The Kier molecular flexibility index (Phi) is 3.93. The molecule has 0 aliphatic carbocycles. The standard InChI is InChI=1S/C12H22N4/c1-10(2)12-15-14-9-16(12)8-5-11-3-6-13-7-4-11/h9-11,13H,3-8H2,1-2H3. The zero-order valence-electron chi connectivity index (χ0n) is 10.3. The lowest BCUT2D eigenvalue weighted by Gasteiger charge is -2.22. The lowest BCUT2D eigenvalue weighted by atomic mass is 9.95. The van der Waals surface area contributed by atoms with Crippen LogP contribution in [-0.4, -0.2) is 27.9 Å². The van der Waals surface area contributed by atoms with Crippen molar-refractivity contribution in [3.8, 4) is 0 Å². The van der Waals surface area contributed by atoms with Crippen LogP contribution in [-0.2, 0) is 6.54 Å². The summed E-state index contributed by atoms with van der Waals surface area (Å²) in [5.41, 5.74) is 0. The Labute approximate surface area is 97.5 Å². The second-order valence-electron chi connectivity index (χ2n) is 5.02. The maximum Gasteiger partial charge on any atom is 0.135 e. The van der Waals surface area contributed by atoms with Crippen LogP contribution in [0.1, 0.15) is 44.9 Å². The van der Waals surface area contributed by atoms with E-state index in [1.807, 2.05) is 6.33 Å². The predicted octanol–water partition coefficient (Wildman–Crippen LogP) is 1.79. The molecule has 2 rings (SSSR count). The summed E-state index contributed by atoms with van der Waals surface area (Å²) in [6, 6.07) is 0. The van der Waals surface area contributed by atoms with E-state index in [4.69, 9.17) is 0 Å². The van der Waals surface area contributed by atoms with Crippen molar-refractivity contribution in [2.75, 3.05) is 13.1 Å². The van der Waals surface area contributed by atoms with E-state index in [9.17, 15) is 0 Å². The Hall–Kier alpha value is -0.900. The monoisotopic (exact) mass is 222 g/mol. The Morgan fingerprint density at radius 3 is 2.88 bits per heavy atom. The highest BCUT2D eigenvalue weighted by Crippen LogP contribution is 2.18. The van der Waals surface area contributed by atoms with Crippen molar-refractivity contribution in [3.05, 3.63) is 12.2 Å². The normalized spacial score (nSPS) is 18.2. The third kappa shape index (κ3) is 2.82. The number of aryl methyl sites for hydroxylation is 1. The van der Waals surface area contributed by atoms with Crippen LogP contribution in [0.2, 0.25) is 0 Å². The minimum atomic E-state index is 0.468. The zero-order chi connectivity index (χ0) is 11.4. The van der Waals surface area contributed by atoms with Gasteiger partial charge in [0.2, 0.25) is 0 Å². The third-order valence-corrected chi connectivity index (χ3v) is 3.40. The molecule has 0 unspecified atom stereocenters. The quantitative estimate of drug-likeness (QED) is 0.844. The van der Waals surface area contributed by atoms with Crippen LogP contribution < -0.4 is 5.32 Å². The molecule has 1 N–H and O–H groups in total. The average molecular weight is 222 g/mol. The van der Waals surface area contributed by atoms with Crippen LogP contribution in [0, 0.1) is 5.92 Å². The number of rotatable bonds is 4. The van der Waals surface area contributed by atoms with Crippen LogP contribution in [0.25, 0.3) is 0 Å². The van der Waals surface area contributed by atoms with Crippen molar-refractivity contribution < 1.29 is 0 Å². The molecule has 0 amide bonds. The Morgan fingerprint density at radius 2 is 2.19 bits per heavy atom. The molecule has 90 valence electrons. The van der Waals surface area contributed by atoms with Gasteiger partial charge in [0, 0.05) is 12.5 Å². The summed E-state index contributed by atoms with van der Waals surface area (Å²) in [5, 5.41) is 11.6. The van der Waals surface area contributed by atoms with E-state index in [2.05, 4.69) is 33.9 Å². The molecule has 0 aromatic carbocycles. The summed E-state index contributed by atoms with van der Waals surface area (Å²) in [6.07, 6.45) is 5.77. The molecule has 1 aromatic rings. The van der Waals surface area contributed by atoms with Crippen molar-refractivity contribution in [1.82, 2.24) is 20.1 Å². The highest BCUT2D eigenvalue weighted by molar-refractivity contribution is 4.92. The second-order valence-corrected chi connectivity index (χ2v) is 5.02. The number of nitrogens with zero attached hydrogens (tertiary/aromatic N) is 3. The molecule has 16 heavy (non-hydrogen) atoms. The first kappa shape index (κ1) is 11.6. The highest BCUT2D eigenvalue weighted by atomic mass is 15.3. The van der Waals surface area contributed by atoms with Gasteiger partial charge in [0.15, 0.2) is 0 Å². The Balaban J connectivity index is 1.86. The third-order valence-electron chi connectivity index (χ3n) is 3.40. The summed E-state index contributed by atoms with van der Waals surface area (Å²) >= 11 is 0. The topological polar surface area (TPSA) is 42.7 Å². The number of hydrogen-bond acceptors (Lipinski definition) is 3. The minimum absolute atomic E-state index is 0.468. The van der Waals surface area contributed by atoms with E-state index >= 15 is 0 Å². The number of nitrogens with one attached hydrogen (secondary N) is 1. The van der Waals surface area contributed by atoms with E-state index in [0.29, 0.717) is 5.92 Å². The minimum Gasteiger partial charge on any atom is -0.317 e. The molecule has 1 fully saturated rings. The van der Waals surface area contributed by atoms with E-state index in [0.717, 1.165) is 18.3 Å². The maximum absolute atomic E-state index is 4.18. The molecule has 0 spiro atoms. The van der Waals surface area contributed by atoms with Gasteiger partial charge < -0.3 is 9.88 Å². The summed E-state index contributed by atoms with van der Waals surface area (Å²) in [5.74, 6) is 2.47. The van der Waals surface area contributed by atoms with Crippen molar-refractivity contribution in [2.24, 2.45) is 5.92 Å². The van der Waals surface area contributed by atoms with Crippen molar-refractivity contribution in [2.45, 2.75) is 45.6 Å². The SMILES string of the molecule is CC(C)c1nncn1CCC1CCNCC1. The molecule has 4 heteroatoms. The first-order chi connectivity index (χ1) is 7.77. The van der Waals surface area contributed by atoms with Gasteiger partial charge in [-0.05, 0) is 38.3 Å². The van der Waals surface area contributed by atoms with Crippen molar-refractivity contribution in [1.29, 1.82) is 0 Å². The largest absolute Gasteiger partial charge is 0.317 e. The highest BCUT2D eigenvalue weighted by Gasteiger charge is 2.14. The predicted molar refractivity (Wildman–Crippen MR) is 64.3 cm³/mol.